The summed E-state index contributed by atoms with van der Waals surface area (Å²) in [5.74, 6) is 1.27. The van der Waals surface area contributed by atoms with Crippen molar-refractivity contribution in [2.24, 2.45) is 7.05 Å². The van der Waals surface area contributed by atoms with Gasteiger partial charge < -0.3 is 19.9 Å². The molecule has 3 heterocycles. The zero-order chi connectivity index (χ0) is 25.2. The van der Waals surface area contributed by atoms with Crippen LogP contribution in [0.5, 0.6) is 5.75 Å². The zero-order valence-electron chi connectivity index (χ0n) is 19.7. The lowest BCUT2D eigenvalue weighted by molar-refractivity contribution is 0.402. The van der Waals surface area contributed by atoms with Crippen molar-refractivity contribution < 1.29 is 13.2 Å². The number of rotatable bonds is 8. The highest BCUT2D eigenvalue weighted by Crippen LogP contribution is 2.31. The number of methoxy groups -OCH3 is 1. The van der Waals surface area contributed by atoms with Gasteiger partial charge in [0.1, 0.15) is 27.7 Å². The Morgan fingerprint density at radius 3 is 2.54 bits per heavy atom. The first-order chi connectivity index (χ1) is 16.8. The number of nitrogens with zero attached hydrogens (tertiary/aromatic N) is 4. The number of pyridine rings is 2. The van der Waals surface area contributed by atoms with E-state index in [-0.39, 0.29) is 16.2 Å². The molecule has 0 fully saturated rings. The molecular formula is C23H25N7O4S. The molecule has 1 aromatic carbocycles. The third kappa shape index (κ3) is 4.79. The fourth-order valence-corrected chi connectivity index (χ4v) is 4.43. The fraction of sp³-hybridized carbons (Fsp3) is 0.217. The highest BCUT2D eigenvalue weighted by molar-refractivity contribution is 7.89. The Hall–Kier alpha value is -4.03. The van der Waals surface area contributed by atoms with E-state index in [2.05, 4.69) is 30.3 Å². The molecule has 182 valence electrons. The smallest absolute Gasteiger partial charge is 0.264 e. The van der Waals surface area contributed by atoms with Crippen molar-refractivity contribution in [2.75, 3.05) is 31.8 Å². The van der Waals surface area contributed by atoms with E-state index in [1.54, 1.807) is 38.5 Å². The van der Waals surface area contributed by atoms with Crippen molar-refractivity contribution in [3.05, 3.63) is 64.8 Å². The van der Waals surface area contributed by atoms with E-state index in [0.717, 1.165) is 11.4 Å². The lowest BCUT2D eigenvalue weighted by Crippen LogP contribution is -2.20. The number of sulfonamides is 1. The number of aromatic nitrogens is 4. The minimum absolute atomic E-state index is 0.0240. The van der Waals surface area contributed by atoms with Crippen LogP contribution in [-0.4, -0.2) is 49.1 Å². The van der Waals surface area contributed by atoms with E-state index in [4.69, 9.17) is 4.74 Å². The van der Waals surface area contributed by atoms with E-state index in [1.807, 2.05) is 12.1 Å². The summed E-state index contributed by atoms with van der Waals surface area (Å²) in [6.45, 7) is 0.364. The van der Waals surface area contributed by atoms with Gasteiger partial charge in [-0.15, -0.1) is 0 Å². The van der Waals surface area contributed by atoms with Crippen molar-refractivity contribution in [1.82, 2.24) is 24.2 Å². The lowest BCUT2D eigenvalue weighted by Gasteiger charge is -2.14. The van der Waals surface area contributed by atoms with Gasteiger partial charge in [0.2, 0.25) is 10.0 Å². The Kier molecular flexibility index (Phi) is 6.67. The Morgan fingerprint density at radius 2 is 1.89 bits per heavy atom. The van der Waals surface area contributed by atoms with Crippen LogP contribution >= 0.6 is 0 Å². The fourth-order valence-electron chi connectivity index (χ4n) is 3.52. The molecular weight excluding hydrogens is 470 g/mol. The summed E-state index contributed by atoms with van der Waals surface area (Å²) in [7, 11) is 2.35. The predicted octanol–water partition coefficient (Wildman–Crippen LogP) is 1.96. The SMILES string of the molecule is CNc1ccc(CNc2nc(-c3ccc(OC)c(S(=O)(=O)NC)c3)cc3ncn(C)c(=O)c23)cn1. The van der Waals surface area contributed by atoms with Crippen LogP contribution in [0.1, 0.15) is 5.56 Å². The molecule has 11 nitrogen and oxygen atoms in total. The molecule has 0 spiro atoms. The summed E-state index contributed by atoms with van der Waals surface area (Å²) in [5, 5.41) is 6.51. The quantitative estimate of drug-likeness (QED) is 0.335. The maximum absolute atomic E-state index is 12.9. The van der Waals surface area contributed by atoms with Crippen molar-refractivity contribution in [1.29, 1.82) is 0 Å². The number of hydrogen-bond donors (Lipinski definition) is 3. The Labute approximate surface area is 202 Å². The first kappa shape index (κ1) is 24.1. The van der Waals surface area contributed by atoms with Gasteiger partial charge in [0.05, 0.1) is 24.6 Å². The maximum Gasteiger partial charge on any atom is 0.264 e. The first-order valence-electron chi connectivity index (χ1n) is 10.6. The minimum atomic E-state index is -3.79. The molecule has 0 aliphatic carbocycles. The number of anilines is 2. The highest BCUT2D eigenvalue weighted by atomic mass is 32.2. The van der Waals surface area contributed by atoms with Crippen LogP contribution in [0.4, 0.5) is 11.6 Å². The number of ether oxygens (including phenoxy) is 1. The molecule has 3 aromatic heterocycles. The molecule has 3 N–H and O–H groups in total. The van der Waals surface area contributed by atoms with Crippen molar-refractivity contribution in [3.8, 4) is 17.0 Å². The number of nitrogens with one attached hydrogen (secondary N) is 3. The Balaban J connectivity index is 1.83. The molecule has 0 aliphatic rings. The third-order valence-corrected chi connectivity index (χ3v) is 6.90. The van der Waals surface area contributed by atoms with Crippen LogP contribution < -0.4 is 25.7 Å². The van der Waals surface area contributed by atoms with Crippen LogP contribution in [0.3, 0.4) is 0 Å². The van der Waals surface area contributed by atoms with Crippen LogP contribution in [0.25, 0.3) is 22.2 Å². The molecule has 0 radical (unpaired) electrons. The summed E-state index contributed by atoms with van der Waals surface area (Å²) in [5.41, 5.74) is 2.02. The third-order valence-electron chi connectivity index (χ3n) is 5.46. The van der Waals surface area contributed by atoms with Gasteiger partial charge >= 0.3 is 0 Å². The molecule has 12 heteroatoms. The average Bonchev–Trinajstić information content (AvgIpc) is 2.89. The van der Waals surface area contributed by atoms with E-state index in [1.165, 1.54) is 31.1 Å². The van der Waals surface area contributed by atoms with Crippen LogP contribution in [0.15, 0.2) is 58.6 Å². The zero-order valence-corrected chi connectivity index (χ0v) is 20.5. The van der Waals surface area contributed by atoms with E-state index in [0.29, 0.717) is 34.5 Å². The minimum Gasteiger partial charge on any atom is -0.495 e. The molecule has 0 aliphatic heterocycles. The van der Waals surface area contributed by atoms with Gasteiger partial charge in [0, 0.05) is 32.4 Å². The predicted molar refractivity (Wildman–Crippen MR) is 134 cm³/mol. The van der Waals surface area contributed by atoms with E-state index >= 15 is 0 Å². The van der Waals surface area contributed by atoms with Gasteiger partial charge in [-0.3, -0.25) is 4.79 Å². The number of hydrogen-bond acceptors (Lipinski definition) is 9. The molecule has 4 rings (SSSR count). The molecule has 35 heavy (non-hydrogen) atoms. The molecule has 0 atom stereocenters. The van der Waals surface area contributed by atoms with Gasteiger partial charge in [-0.05, 0) is 42.9 Å². The Bertz CT molecular complexity index is 1550. The molecule has 0 unspecified atom stereocenters. The van der Waals surface area contributed by atoms with Crippen LogP contribution in [0.2, 0.25) is 0 Å². The summed E-state index contributed by atoms with van der Waals surface area (Å²) >= 11 is 0. The standard InChI is InChI=1S/C23H25N7O4S/c1-24-20-8-5-14(11-26-20)12-27-22-21-17(28-13-30(3)23(21)31)10-16(29-22)15-6-7-18(34-4)19(9-15)35(32,33)25-2/h5-11,13,25H,12H2,1-4H3,(H,24,26)(H,27,29). The average molecular weight is 496 g/mol. The maximum atomic E-state index is 12.9. The summed E-state index contributed by atoms with van der Waals surface area (Å²) in [4.78, 5) is 26.3. The molecule has 0 saturated heterocycles. The van der Waals surface area contributed by atoms with Gasteiger partial charge in [0.25, 0.3) is 5.56 Å². The monoisotopic (exact) mass is 495 g/mol. The molecule has 4 aromatic rings. The largest absolute Gasteiger partial charge is 0.495 e. The summed E-state index contributed by atoms with van der Waals surface area (Å²) in [6.07, 6.45) is 3.16. The second-order valence-corrected chi connectivity index (χ2v) is 9.49. The second kappa shape index (κ2) is 9.68. The van der Waals surface area contributed by atoms with Crippen molar-refractivity contribution in [3.63, 3.8) is 0 Å². The normalized spacial score (nSPS) is 11.4. The van der Waals surface area contributed by atoms with Gasteiger partial charge in [-0.25, -0.2) is 28.1 Å². The second-order valence-electron chi connectivity index (χ2n) is 7.64. The lowest BCUT2D eigenvalue weighted by atomic mass is 10.1. The summed E-state index contributed by atoms with van der Waals surface area (Å²) < 4.78 is 34.0. The van der Waals surface area contributed by atoms with Crippen LogP contribution in [0, 0.1) is 0 Å². The summed E-state index contributed by atoms with van der Waals surface area (Å²) in [6, 6.07) is 10.2. The van der Waals surface area contributed by atoms with Gasteiger partial charge in [-0.2, -0.15) is 0 Å². The van der Waals surface area contributed by atoms with Gasteiger partial charge in [-0.1, -0.05) is 6.07 Å². The highest BCUT2D eigenvalue weighted by Gasteiger charge is 2.20. The number of benzene rings is 1. The molecule has 0 saturated carbocycles. The van der Waals surface area contributed by atoms with E-state index < -0.39 is 10.0 Å². The number of fused-ring (bicyclic) bond motifs is 1. The Morgan fingerprint density at radius 1 is 1.09 bits per heavy atom. The molecule has 0 amide bonds. The first-order valence-corrected chi connectivity index (χ1v) is 12.1. The van der Waals surface area contributed by atoms with Gasteiger partial charge in [0.15, 0.2) is 0 Å². The molecule has 0 bridgehead atoms. The van der Waals surface area contributed by atoms with Crippen molar-refractivity contribution in [2.45, 2.75) is 11.4 Å². The van der Waals surface area contributed by atoms with Crippen LogP contribution in [-0.2, 0) is 23.6 Å². The van der Waals surface area contributed by atoms with E-state index in [9.17, 15) is 13.2 Å². The van der Waals surface area contributed by atoms with Crippen molar-refractivity contribution >= 4 is 32.6 Å². The number of aryl methyl sites for hydroxylation is 1. The topological polar surface area (TPSA) is 140 Å².